The summed E-state index contributed by atoms with van der Waals surface area (Å²) in [5, 5.41) is 9.75. The Morgan fingerprint density at radius 2 is 1.75 bits per heavy atom. The van der Waals surface area contributed by atoms with Crippen LogP contribution < -0.4 is 10.7 Å². The lowest BCUT2D eigenvalue weighted by Gasteiger charge is -2.12. The van der Waals surface area contributed by atoms with Crippen molar-refractivity contribution in [3.8, 4) is 16.9 Å². The van der Waals surface area contributed by atoms with E-state index in [1.165, 1.54) is 27.6 Å². The zero-order chi connectivity index (χ0) is 23.0. The molecule has 162 valence electrons. The van der Waals surface area contributed by atoms with Crippen molar-refractivity contribution in [1.29, 1.82) is 0 Å². The normalized spacial score (nSPS) is 10.9. The van der Waals surface area contributed by atoms with E-state index in [9.17, 15) is 9.59 Å². The number of carbonyl (C=O) groups is 1. The van der Waals surface area contributed by atoms with Crippen molar-refractivity contribution in [3.63, 3.8) is 0 Å². The molecule has 4 aromatic rings. The second-order valence-corrected chi connectivity index (χ2v) is 8.89. The number of halogens is 1. The number of aromatic nitrogens is 3. The Morgan fingerprint density at radius 3 is 2.44 bits per heavy atom. The molecular weight excluding hydrogens is 444 g/mol. The summed E-state index contributed by atoms with van der Waals surface area (Å²) in [7, 11) is 0. The van der Waals surface area contributed by atoms with Gasteiger partial charge in [0.15, 0.2) is 10.8 Å². The van der Waals surface area contributed by atoms with Gasteiger partial charge in [-0.1, -0.05) is 41.4 Å². The van der Waals surface area contributed by atoms with Crippen LogP contribution in [0, 0.1) is 27.7 Å². The van der Waals surface area contributed by atoms with Gasteiger partial charge < -0.3 is 0 Å². The van der Waals surface area contributed by atoms with E-state index in [2.05, 4.69) is 34.5 Å². The van der Waals surface area contributed by atoms with Gasteiger partial charge in [0, 0.05) is 22.7 Å². The van der Waals surface area contributed by atoms with Crippen LogP contribution >= 0.6 is 22.9 Å². The van der Waals surface area contributed by atoms with E-state index in [0.717, 1.165) is 22.4 Å². The zero-order valence-electron chi connectivity index (χ0n) is 18.1. The maximum atomic E-state index is 12.9. The molecule has 2 heterocycles. The first-order chi connectivity index (χ1) is 15.2. The molecule has 2 aromatic carbocycles. The van der Waals surface area contributed by atoms with E-state index in [-0.39, 0.29) is 5.69 Å². The maximum absolute atomic E-state index is 12.9. The standard InChI is InChI=1S/C24H21ClN4O2S/c1-13-9-14(2)21(15(3)10-13)18-12-32-24(26-18)27-23(31)22-20(30)11-16(4)29(28-22)19-8-6-5-7-17(19)25/h5-12H,1-4H3,(H,26,27,31). The highest BCUT2D eigenvalue weighted by Gasteiger charge is 2.18. The number of hydrogen-bond donors (Lipinski definition) is 1. The molecule has 8 heteroatoms. The summed E-state index contributed by atoms with van der Waals surface area (Å²) in [4.78, 5) is 30.0. The smallest absolute Gasteiger partial charge is 0.281 e. The fraction of sp³-hybridized carbons (Fsp3) is 0.167. The Labute approximate surface area is 194 Å². The highest BCUT2D eigenvalue weighted by molar-refractivity contribution is 7.14. The molecule has 1 amide bonds. The lowest BCUT2D eigenvalue weighted by molar-refractivity contribution is 0.101. The molecule has 0 saturated carbocycles. The topological polar surface area (TPSA) is 76.9 Å². The fourth-order valence-electron chi connectivity index (χ4n) is 3.76. The van der Waals surface area contributed by atoms with Gasteiger partial charge in [0.05, 0.1) is 16.4 Å². The first-order valence-corrected chi connectivity index (χ1v) is 11.2. The molecule has 4 rings (SSSR count). The minimum absolute atomic E-state index is 0.227. The van der Waals surface area contributed by atoms with Crippen molar-refractivity contribution in [2.75, 3.05) is 5.32 Å². The predicted molar refractivity (Wildman–Crippen MR) is 129 cm³/mol. The Balaban J connectivity index is 1.66. The van der Waals surface area contributed by atoms with E-state index in [1.807, 2.05) is 25.3 Å². The van der Waals surface area contributed by atoms with Gasteiger partial charge in [-0.05, 0) is 51.0 Å². The van der Waals surface area contributed by atoms with Gasteiger partial charge in [-0.25, -0.2) is 9.67 Å². The fourth-order valence-corrected chi connectivity index (χ4v) is 4.67. The van der Waals surface area contributed by atoms with Crippen molar-refractivity contribution in [2.45, 2.75) is 27.7 Å². The van der Waals surface area contributed by atoms with Crippen molar-refractivity contribution in [2.24, 2.45) is 0 Å². The number of nitrogens with zero attached hydrogens (tertiary/aromatic N) is 3. The third-order valence-electron chi connectivity index (χ3n) is 5.06. The third kappa shape index (κ3) is 4.22. The number of para-hydroxylation sites is 1. The SMILES string of the molecule is Cc1cc(C)c(-c2csc(NC(=O)c3nn(-c4ccccc4Cl)c(C)cc3=O)n2)c(C)c1. The van der Waals surface area contributed by atoms with Gasteiger partial charge in [0.1, 0.15) is 0 Å². The van der Waals surface area contributed by atoms with E-state index in [0.29, 0.717) is 21.5 Å². The molecule has 1 N–H and O–H groups in total. The minimum Gasteiger partial charge on any atom is -0.296 e. The molecule has 0 aliphatic rings. The van der Waals surface area contributed by atoms with Gasteiger partial charge >= 0.3 is 0 Å². The Hall–Kier alpha value is -3.29. The predicted octanol–water partition coefficient (Wildman–Crippen LogP) is 5.50. The molecule has 32 heavy (non-hydrogen) atoms. The molecule has 0 fully saturated rings. The summed E-state index contributed by atoms with van der Waals surface area (Å²) in [5.74, 6) is -0.617. The van der Waals surface area contributed by atoms with Crippen LogP contribution in [0.1, 0.15) is 32.9 Å². The average Bonchev–Trinajstić information content (AvgIpc) is 3.15. The van der Waals surface area contributed by atoms with Gasteiger partial charge in [0.25, 0.3) is 5.91 Å². The number of rotatable bonds is 4. The first kappa shape index (κ1) is 21.9. The third-order valence-corrected chi connectivity index (χ3v) is 6.14. The van der Waals surface area contributed by atoms with Gasteiger partial charge in [0.2, 0.25) is 5.43 Å². The Kier molecular flexibility index (Phi) is 5.95. The van der Waals surface area contributed by atoms with Crippen molar-refractivity contribution >= 4 is 34.0 Å². The lowest BCUT2D eigenvalue weighted by Crippen LogP contribution is -2.27. The summed E-state index contributed by atoms with van der Waals surface area (Å²) in [6.45, 7) is 7.87. The number of hydrogen-bond acceptors (Lipinski definition) is 5. The lowest BCUT2D eigenvalue weighted by atomic mass is 9.98. The van der Waals surface area contributed by atoms with Crippen LogP contribution in [0.5, 0.6) is 0 Å². The quantitative estimate of drug-likeness (QED) is 0.433. The van der Waals surface area contributed by atoms with Crippen LogP contribution in [0.4, 0.5) is 5.13 Å². The molecule has 0 radical (unpaired) electrons. The van der Waals surface area contributed by atoms with E-state index in [4.69, 9.17) is 11.6 Å². The molecule has 2 aromatic heterocycles. The van der Waals surface area contributed by atoms with Crippen molar-refractivity contribution in [3.05, 3.63) is 91.2 Å². The molecule has 6 nitrogen and oxygen atoms in total. The number of thiazole rings is 1. The summed E-state index contributed by atoms with van der Waals surface area (Å²) in [6, 6.07) is 12.7. The second kappa shape index (κ2) is 8.68. The van der Waals surface area contributed by atoms with Crippen LogP contribution in [0.25, 0.3) is 16.9 Å². The average molecular weight is 465 g/mol. The Morgan fingerprint density at radius 1 is 1.06 bits per heavy atom. The van der Waals surface area contributed by atoms with Crippen LogP contribution in [-0.2, 0) is 0 Å². The molecular formula is C24H21ClN4O2S. The van der Waals surface area contributed by atoms with Crippen LogP contribution in [0.15, 0.2) is 52.6 Å². The number of nitrogens with one attached hydrogen (secondary N) is 1. The molecule has 0 spiro atoms. The van der Waals surface area contributed by atoms with Crippen molar-refractivity contribution < 1.29 is 4.79 Å². The number of amides is 1. The second-order valence-electron chi connectivity index (χ2n) is 7.63. The minimum atomic E-state index is -0.617. The molecule has 0 bridgehead atoms. The van der Waals surface area contributed by atoms with Crippen molar-refractivity contribution in [1.82, 2.24) is 14.8 Å². The maximum Gasteiger partial charge on any atom is 0.281 e. The highest BCUT2D eigenvalue weighted by atomic mass is 35.5. The molecule has 0 unspecified atom stereocenters. The largest absolute Gasteiger partial charge is 0.296 e. The van der Waals surface area contributed by atoms with Gasteiger partial charge in [-0.2, -0.15) is 5.10 Å². The van der Waals surface area contributed by atoms with Crippen LogP contribution in [-0.4, -0.2) is 20.7 Å². The number of benzene rings is 2. The summed E-state index contributed by atoms with van der Waals surface area (Å²) in [5.41, 5.74) is 5.71. The molecule has 0 aliphatic heterocycles. The van der Waals surface area contributed by atoms with Crippen LogP contribution in [0.3, 0.4) is 0 Å². The molecule has 0 saturated heterocycles. The van der Waals surface area contributed by atoms with E-state index < -0.39 is 11.3 Å². The number of aryl methyl sites for hydroxylation is 4. The summed E-state index contributed by atoms with van der Waals surface area (Å²) in [6.07, 6.45) is 0. The summed E-state index contributed by atoms with van der Waals surface area (Å²) >= 11 is 7.58. The summed E-state index contributed by atoms with van der Waals surface area (Å²) < 4.78 is 1.49. The van der Waals surface area contributed by atoms with Gasteiger partial charge in [-0.3, -0.25) is 14.9 Å². The van der Waals surface area contributed by atoms with E-state index >= 15 is 0 Å². The zero-order valence-corrected chi connectivity index (χ0v) is 19.6. The first-order valence-electron chi connectivity index (χ1n) is 9.95. The van der Waals surface area contributed by atoms with Gasteiger partial charge in [-0.15, -0.1) is 11.3 Å². The highest BCUT2D eigenvalue weighted by Crippen LogP contribution is 2.31. The number of carbonyl (C=O) groups excluding carboxylic acids is 1. The van der Waals surface area contributed by atoms with E-state index in [1.54, 1.807) is 25.1 Å². The van der Waals surface area contributed by atoms with Crippen LogP contribution in [0.2, 0.25) is 5.02 Å². The number of anilines is 1. The monoisotopic (exact) mass is 464 g/mol. The Bertz CT molecular complexity index is 1380. The molecule has 0 aliphatic carbocycles. The molecule has 0 atom stereocenters.